The molecule has 8 heteroatoms. The second-order valence-corrected chi connectivity index (χ2v) is 10.2. The zero-order valence-electron chi connectivity index (χ0n) is 19.6. The van der Waals surface area contributed by atoms with Gasteiger partial charge in [-0.15, -0.1) is 28.5 Å². The summed E-state index contributed by atoms with van der Waals surface area (Å²) >= 11 is 3.28. The summed E-state index contributed by atoms with van der Waals surface area (Å²) in [6, 6.07) is 19.0. The van der Waals surface area contributed by atoms with E-state index in [2.05, 4.69) is 81.7 Å². The summed E-state index contributed by atoms with van der Waals surface area (Å²) in [5.74, 6) is 3.14. The van der Waals surface area contributed by atoms with Gasteiger partial charge in [0.2, 0.25) is 5.91 Å². The van der Waals surface area contributed by atoms with Crippen LogP contribution < -0.4 is 4.90 Å². The summed E-state index contributed by atoms with van der Waals surface area (Å²) in [5, 5.41) is 9.56. The lowest BCUT2D eigenvalue weighted by atomic mass is 10.2. The molecule has 0 aliphatic carbocycles. The van der Waals surface area contributed by atoms with E-state index in [9.17, 15) is 4.79 Å². The molecule has 0 spiro atoms. The topological polar surface area (TPSA) is 54.3 Å². The van der Waals surface area contributed by atoms with Gasteiger partial charge in [-0.05, 0) is 24.6 Å². The predicted octanol–water partition coefficient (Wildman–Crippen LogP) is 4.65. The zero-order valence-corrected chi connectivity index (χ0v) is 21.2. The van der Waals surface area contributed by atoms with Crippen molar-refractivity contribution in [2.75, 3.05) is 36.8 Å². The summed E-state index contributed by atoms with van der Waals surface area (Å²) in [7, 11) is 0. The first-order valence-corrected chi connectivity index (χ1v) is 13.6. The van der Waals surface area contributed by atoms with E-state index in [0.717, 1.165) is 48.7 Å². The number of thioether (sulfide) groups is 2. The van der Waals surface area contributed by atoms with Gasteiger partial charge in [0.25, 0.3) is 0 Å². The Morgan fingerprint density at radius 3 is 2.44 bits per heavy atom. The lowest BCUT2D eigenvalue weighted by molar-refractivity contribution is -0.128. The van der Waals surface area contributed by atoms with Gasteiger partial charge >= 0.3 is 0 Å². The van der Waals surface area contributed by atoms with Gasteiger partial charge in [-0.3, -0.25) is 4.79 Å². The molecule has 0 atom stereocenters. The molecule has 0 saturated carbocycles. The van der Waals surface area contributed by atoms with Crippen LogP contribution in [0.2, 0.25) is 0 Å². The highest BCUT2D eigenvalue weighted by Crippen LogP contribution is 2.23. The molecule has 1 amide bonds. The van der Waals surface area contributed by atoms with Crippen molar-refractivity contribution in [1.82, 2.24) is 19.7 Å². The first kappa shape index (κ1) is 24.4. The highest BCUT2D eigenvalue weighted by Gasteiger charge is 2.22. The number of carbonyl (C=O) groups is 1. The number of aryl methyl sites for hydroxylation is 1. The van der Waals surface area contributed by atoms with Crippen molar-refractivity contribution in [2.45, 2.75) is 30.1 Å². The Balaban J connectivity index is 1.27. The summed E-state index contributed by atoms with van der Waals surface area (Å²) in [4.78, 5) is 17.1. The molecule has 1 aliphatic rings. The molecule has 34 heavy (non-hydrogen) atoms. The Morgan fingerprint density at radius 1 is 1.00 bits per heavy atom. The first-order valence-electron chi connectivity index (χ1n) is 11.5. The van der Waals surface area contributed by atoms with Crippen LogP contribution in [0.25, 0.3) is 0 Å². The fourth-order valence-electron chi connectivity index (χ4n) is 3.86. The molecule has 2 heterocycles. The SMILES string of the molecule is C=CCn1c(CSCc2ccc(C)cc2)nnc1SCC(=O)N1CCN(c2ccccc2)CC1. The molecule has 2 aromatic carbocycles. The van der Waals surface area contributed by atoms with Crippen molar-refractivity contribution >= 4 is 35.1 Å². The quantitative estimate of drug-likeness (QED) is 0.303. The van der Waals surface area contributed by atoms with E-state index in [1.165, 1.54) is 28.6 Å². The van der Waals surface area contributed by atoms with Crippen LogP contribution >= 0.6 is 23.5 Å². The van der Waals surface area contributed by atoms with Crippen LogP contribution in [0, 0.1) is 6.92 Å². The van der Waals surface area contributed by atoms with Crippen molar-refractivity contribution in [3.8, 4) is 0 Å². The van der Waals surface area contributed by atoms with Gasteiger partial charge < -0.3 is 14.4 Å². The third-order valence-electron chi connectivity index (χ3n) is 5.80. The molecule has 1 fully saturated rings. The number of para-hydroxylation sites is 1. The van der Waals surface area contributed by atoms with Crippen LogP contribution in [-0.2, 0) is 22.8 Å². The lowest BCUT2D eigenvalue weighted by Crippen LogP contribution is -2.49. The van der Waals surface area contributed by atoms with E-state index in [-0.39, 0.29) is 5.91 Å². The Kier molecular flexibility index (Phi) is 8.71. The molecule has 1 aliphatic heterocycles. The fraction of sp³-hybridized carbons (Fsp3) is 0.346. The standard InChI is InChI=1S/C26H31N5OS2/c1-3-13-31-24(19-33-18-22-11-9-21(2)10-12-22)27-28-26(31)34-20-25(32)30-16-14-29(15-17-30)23-7-5-4-6-8-23/h3-12H,1,13-20H2,2H3. The maximum atomic E-state index is 12.8. The van der Waals surface area contributed by atoms with Gasteiger partial charge in [0.1, 0.15) is 5.82 Å². The van der Waals surface area contributed by atoms with E-state index in [4.69, 9.17) is 0 Å². The number of benzene rings is 2. The molecule has 0 radical (unpaired) electrons. The van der Waals surface area contributed by atoms with Gasteiger partial charge in [0.15, 0.2) is 5.16 Å². The minimum Gasteiger partial charge on any atom is -0.368 e. The second kappa shape index (κ2) is 12.1. The Labute approximate surface area is 210 Å². The highest BCUT2D eigenvalue weighted by molar-refractivity contribution is 7.99. The molecule has 0 bridgehead atoms. The van der Waals surface area contributed by atoms with E-state index in [1.54, 1.807) is 0 Å². The third kappa shape index (κ3) is 6.45. The molecule has 0 unspecified atom stereocenters. The van der Waals surface area contributed by atoms with Gasteiger partial charge in [0.05, 0.1) is 11.5 Å². The maximum absolute atomic E-state index is 12.8. The van der Waals surface area contributed by atoms with Crippen molar-refractivity contribution in [3.05, 3.63) is 84.2 Å². The van der Waals surface area contributed by atoms with Gasteiger partial charge in [-0.1, -0.05) is 65.9 Å². The molecule has 4 rings (SSSR count). The number of piperazine rings is 1. The van der Waals surface area contributed by atoms with Crippen LogP contribution in [0.3, 0.4) is 0 Å². The van der Waals surface area contributed by atoms with Gasteiger partial charge in [0, 0.05) is 44.2 Å². The normalized spacial score (nSPS) is 13.8. The molecular weight excluding hydrogens is 462 g/mol. The monoisotopic (exact) mass is 493 g/mol. The molecule has 178 valence electrons. The number of carbonyl (C=O) groups excluding carboxylic acids is 1. The highest BCUT2D eigenvalue weighted by atomic mass is 32.2. The number of hydrogen-bond acceptors (Lipinski definition) is 6. The molecule has 0 N–H and O–H groups in total. The van der Waals surface area contributed by atoms with Crippen LogP contribution in [0.4, 0.5) is 5.69 Å². The number of allylic oxidation sites excluding steroid dienone is 1. The number of amides is 1. The Bertz CT molecular complexity index is 1080. The number of rotatable bonds is 10. The van der Waals surface area contributed by atoms with Gasteiger partial charge in [-0.25, -0.2) is 0 Å². The molecule has 6 nitrogen and oxygen atoms in total. The molecule has 1 saturated heterocycles. The second-order valence-electron chi connectivity index (χ2n) is 8.27. The van der Waals surface area contributed by atoms with Crippen molar-refractivity contribution in [2.24, 2.45) is 0 Å². The number of aromatic nitrogens is 3. The van der Waals surface area contributed by atoms with Crippen molar-refractivity contribution in [1.29, 1.82) is 0 Å². The minimum atomic E-state index is 0.154. The average molecular weight is 494 g/mol. The average Bonchev–Trinajstić information content (AvgIpc) is 3.26. The van der Waals surface area contributed by atoms with Crippen LogP contribution in [0.1, 0.15) is 17.0 Å². The molecule has 1 aromatic heterocycles. The van der Waals surface area contributed by atoms with Crippen molar-refractivity contribution < 1.29 is 4.79 Å². The number of hydrogen-bond donors (Lipinski definition) is 0. The van der Waals surface area contributed by atoms with Crippen LogP contribution in [0.15, 0.2) is 72.4 Å². The van der Waals surface area contributed by atoms with Gasteiger partial charge in [-0.2, -0.15) is 0 Å². The van der Waals surface area contributed by atoms with E-state index < -0.39 is 0 Å². The van der Waals surface area contributed by atoms with Crippen LogP contribution in [-0.4, -0.2) is 57.5 Å². The number of anilines is 1. The summed E-state index contributed by atoms with van der Waals surface area (Å²) in [6.07, 6.45) is 1.85. The maximum Gasteiger partial charge on any atom is 0.233 e. The smallest absolute Gasteiger partial charge is 0.233 e. The third-order valence-corrected chi connectivity index (χ3v) is 7.76. The lowest BCUT2D eigenvalue weighted by Gasteiger charge is -2.36. The Hall–Kier alpha value is -2.71. The summed E-state index contributed by atoms with van der Waals surface area (Å²) in [6.45, 7) is 9.82. The largest absolute Gasteiger partial charge is 0.368 e. The van der Waals surface area contributed by atoms with Crippen molar-refractivity contribution in [3.63, 3.8) is 0 Å². The van der Waals surface area contributed by atoms with E-state index in [0.29, 0.717) is 12.3 Å². The first-order chi connectivity index (χ1) is 16.6. The minimum absolute atomic E-state index is 0.154. The Morgan fingerprint density at radius 2 is 1.74 bits per heavy atom. The fourth-order valence-corrected chi connectivity index (χ4v) is 5.66. The van der Waals surface area contributed by atoms with E-state index in [1.807, 2.05) is 28.8 Å². The predicted molar refractivity (Wildman–Crippen MR) is 142 cm³/mol. The summed E-state index contributed by atoms with van der Waals surface area (Å²) in [5.41, 5.74) is 3.79. The van der Waals surface area contributed by atoms with Crippen LogP contribution in [0.5, 0.6) is 0 Å². The number of nitrogens with zero attached hydrogens (tertiary/aromatic N) is 5. The molecular formula is C26H31N5OS2. The summed E-state index contributed by atoms with van der Waals surface area (Å²) < 4.78 is 2.07. The zero-order chi connectivity index (χ0) is 23.8. The van der Waals surface area contributed by atoms with E-state index >= 15 is 0 Å². The molecule has 3 aromatic rings.